The first-order valence-electron chi connectivity index (χ1n) is 20.7. The van der Waals surface area contributed by atoms with Gasteiger partial charge in [-0.3, -0.25) is 24.0 Å². The number of ether oxygens (including phenoxy) is 1. The van der Waals surface area contributed by atoms with Crippen molar-refractivity contribution < 1.29 is 42.7 Å². The van der Waals surface area contributed by atoms with E-state index in [0.717, 1.165) is 22.4 Å². The van der Waals surface area contributed by atoms with Crippen molar-refractivity contribution in [3.63, 3.8) is 0 Å². The van der Waals surface area contributed by atoms with Gasteiger partial charge in [0.05, 0.1) is 5.56 Å². The number of benzene rings is 3. The van der Waals surface area contributed by atoms with Crippen LogP contribution in [0.5, 0.6) is 0 Å². The Morgan fingerprint density at radius 1 is 0.903 bits per heavy atom. The molecule has 1 aliphatic rings. The quantitative estimate of drug-likeness (QED) is 0.0630. The van der Waals surface area contributed by atoms with E-state index in [-0.39, 0.29) is 62.5 Å². The van der Waals surface area contributed by atoms with Crippen LogP contribution in [0, 0.1) is 17.7 Å². The first-order chi connectivity index (χ1) is 29.5. The molecule has 2 heterocycles. The van der Waals surface area contributed by atoms with Gasteiger partial charge in [0, 0.05) is 67.7 Å². The summed E-state index contributed by atoms with van der Waals surface area (Å²) in [6.07, 6.45) is 0.454. The number of nitrogens with zero attached hydrogens (tertiary/aromatic N) is 1. The molecule has 1 aromatic heterocycles. The molecule has 62 heavy (non-hydrogen) atoms. The molecule has 8 N–H and O–H groups in total. The second-order valence-electron chi connectivity index (χ2n) is 16.1. The summed E-state index contributed by atoms with van der Waals surface area (Å²) in [5.74, 6) is -2.98. The average molecular weight is 855 g/mol. The van der Waals surface area contributed by atoms with E-state index < -0.39 is 47.7 Å². The second kappa shape index (κ2) is 21.1. The highest BCUT2D eigenvalue weighted by Gasteiger charge is 2.29. The van der Waals surface area contributed by atoms with E-state index in [9.17, 15) is 38.0 Å². The van der Waals surface area contributed by atoms with Crippen LogP contribution in [0.25, 0.3) is 22.2 Å². The molecule has 0 saturated carbocycles. The van der Waals surface area contributed by atoms with Gasteiger partial charge in [-0.25, -0.2) is 14.0 Å². The van der Waals surface area contributed by atoms with Gasteiger partial charge in [0.15, 0.2) is 0 Å². The minimum atomic E-state index is -1.04. The molecule has 0 bridgehead atoms. The fourth-order valence-corrected chi connectivity index (χ4v) is 7.08. The van der Waals surface area contributed by atoms with Crippen LogP contribution in [0.1, 0.15) is 80.4 Å². The van der Waals surface area contributed by atoms with Gasteiger partial charge in [-0.15, -0.1) is 0 Å². The lowest BCUT2D eigenvalue weighted by molar-refractivity contribution is -0.132. The van der Waals surface area contributed by atoms with Crippen LogP contribution in [0.2, 0.25) is 0 Å². The lowest BCUT2D eigenvalue weighted by Gasteiger charge is -2.25. The molecule has 3 aromatic carbocycles. The van der Waals surface area contributed by atoms with Crippen molar-refractivity contribution in [2.24, 2.45) is 17.6 Å². The number of aromatic amines is 1. The predicted molar refractivity (Wildman–Crippen MR) is 231 cm³/mol. The highest BCUT2D eigenvalue weighted by Crippen LogP contribution is 2.35. The Kier molecular flexibility index (Phi) is 15.8. The van der Waals surface area contributed by atoms with E-state index >= 15 is 0 Å². The number of aromatic nitrogens is 1. The number of amides is 7. The van der Waals surface area contributed by atoms with Crippen molar-refractivity contribution in [1.82, 2.24) is 31.2 Å². The Morgan fingerprint density at radius 2 is 1.60 bits per heavy atom. The number of nitrogens with one attached hydrogen (secondary N) is 6. The van der Waals surface area contributed by atoms with Crippen LogP contribution in [0.15, 0.2) is 60.7 Å². The normalized spacial score (nSPS) is 13.1. The minimum absolute atomic E-state index is 0.0427. The summed E-state index contributed by atoms with van der Waals surface area (Å²) >= 11 is 0. The number of carbonyl (C=O) groups is 7. The Hall–Kier alpha value is -6.78. The second-order valence-corrected chi connectivity index (χ2v) is 16.1. The molecular weight excluding hydrogens is 800 g/mol. The Bertz CT molecular complexity index is 2290. The number of ketones is 1. The summed E-state index contributed by atoms with van der Waals surface area (Å²) in [6, 6.07) is 14.1. The van der Waals surface area contributed by atoms with Gasteiger partial charge >= 0.3 is 12.1 Å². The lowest BCUT2D eigenvalue weighted by atomic mass is 9.99. The van der Waals surface area contributed by atoms with E-state index in [1.54, 1.807) is 59.0 Å². The Morgan fingerprint density at radius 3 is 2.26 bits per heavy atom. The van der Waals surface area contributed by atoms with Gasteiger partial charge in [-0.05, 0) is 71.7 Å². The van der Waals surface area contributed by atoms with Gasteiger partial charge < -0.3 is 46.9 Å². The molecule has 17 heteroatoms. The average Bonchev–Trinajstić information content (AvgIpc) is 3.50. The largest absolute Gasteiger partial charge is 0.445 e. The molecule has 0 spiro atoms. The number of primary amides is 1. The first-order valence-corrected chi connectivity index (χ1v) is 20.7. The van der Waals surface area contributed by atoms with Crippen molar-refractivity contribution in [2.45, 2.75) is 85.0 Å². The smallest absolute Gasteiger partial charge is 0.410 e. The molecule has 4 aromatic rings. The summed E-state index contributed by atoms with van der Waals surface area (Å²) in [7, 11) is 1.62. The molecule has 5 rings (SSSR count). The predicted octanol–water partition coefficient (Wildman–Crippen LogP) is 5.05. The fraction of sp³-hybridized carbons (Fsp3) is 0.400. The summed E-state index contributed by atoms with van der Waals surface area (Å²) < 4.78 is 19.9. The molecule has 0 saturated heterocycles. The van der Waals surface area contributed by atoms with Gasteiger partial charge in [0.1, 0.15) is 30.3 Å². The van der Waals surface area contributed by atoms with Crippen molar-refractivity contribution >= 4 is 58.1 Å². The summed E-state index contributed by atoms with van der Waals surface area (Å²) in [5.41, 5.74) is 10.5. The van der Waals surface area contributed by atoms with Gasteiger partial charge in [-0.2, -0.15) is 0 Å². The number of halogens is 1. The molecule has 16 nitrogen and oxygen atoms in total. The van der Waals surface area contributed by atoms with Crippen LogP contribution in [0.3, 0.4) is 0 Å². The van der Waals surface area contributed by atoms with E-state index in [1.165, 1.54) is 17.0 Å². The number of nitrogens with two attached hydrogens (primary N) is 1. The van der Waals surface area contributed by atoms with E-state index in [0.29, 0.717) is 47.1 Å². The maximum atomic E-state index is 14.3. The maximum absolute atomic E-state index is 14.3. The molecule has 1 aliphatic heterocycles. The molecular formula is C45H55FN8O8. The monoisotopic (exact) mass is 854 g/mol. The zero-order valence-electron chi connectivity index (χ0n) is 35.6. The van der Waals surface area contributed by atoms with Crippen LogP contribution >= 0.6 is 0 Å². The zero-order chi connectivity index (χ0) is 45.1. The van der Waals surface area contributed by atoms with Crippen molar-refractivity contribution in [3.8, 4) is 11.3 Å². The summed E-state index contributed by atoms with van der Waals surface area (Å²) in [4.78, 5) is 93.0. The minimum Gasteiger partial charge on any atom is -0.445 e. The molecule has 2 atom stereocenters. The number of Topliss-reactive ketones (excluding diaryl/α,β-unsaturated/α-hetero) is 1. The zero-order valence-corrected chi connectivity index (χ0v) is 35.6. The van der Waals surface area contributed by atoms with Crippen molar-refractivity contribution in [1.29, 1.82) is 0 Å². The highest BCUT2D eigenvalue weighted by molar-refractivity contribution is 6.10. The Balaban J connectivity index is 1.14. The van der Waals surface area contributed by atoms with Crippen LogP contribution in [-0.4, -0.2) is 83.6 Å². The van der Waals surface area contributed by atoms with E-state index in [1.807, 2.05) is 24.3 Å². The van der Waals surface area contributed by atoms with Gasteiger partial charge in [0.2, 0.25) is 17.7 Å². The Labute approximate surface area is 359 Å². The number of rotatable bonds is 19. The molecule has 0 aliphatic carbocycles. The molecule has 0 unspecified atom stereocenters. The van der Waals surface area contributed by atoms with E-state index in [4.69, 9.17) is 10.5 Å². The lowest BCUT2D eigenvalue weighted by Crippen LogP contribution is -2.54. The number of hydrogen-bond donors (Lipinski definition) is 7. The number of urea groups is 1. The molecule has 0 radical (unpaired) electrons. The summed E-state index contributed by atoms with van der Waals surface area (Å²) in [5, 5.41) is 14.2. The third kappa shape index (κ3) is 12.4. The first kappa shape index (κ1) is 46.3. The third-order valence-corrected chi connectivity index (χ3v) is 10.5. The topological polar surface area (TPSA) is 234 Å². The fourth-order valence-electron chi connectivity index (χ4n) is 7.08. The van der Waals surface area contributed by atoms with Crippen LogP contribution < -0.4 is 32.3 Å². The number of anilines is 1. The molecule has 0 fully saturated rings. The number of hydrogen-bond acceptors (Lipinski definition) is 8. The van der Waals surface area contributed by atoms with Crippen LogP contribution in [-0.2, 0) is 43.5 Å². The standard InChI is InChI=1S/C45H55FN8O8/c1-25(2)36(55)16-17-37(56)53-39(26(3)4)43(59)52-34(7-6-19-49-44(47)60)42(58)50-31-14-10-28(11-15-31)24-62-45(61)54(5)23-27-8-12-29(13-9-27)40-32-18-20-48-41(57)33-21-30(46)22-35(51-40)38(32)33/h8-15,21-22,25-26,34,39,51H,6-7,16-20,23-24H2,1-5H3,(H,48,57)(H,50,58)(H,52,59)(H,53,56)(H3,47,49,60)/t34-,39-/m0/s1. The van der Waals surface area contributed by atoms with E-state index in [2.05, 4.69) is 31.6 Å². The summed E-state index contributed by atoms with van der Waals surface area (Å²) in [6.45, 7) is 7.81. The van der Waals surface area contributed by atoms with Crippen LogP contribution in [0.4, 0.5) is 19.7 Å². The molecule has 7 amide bonds. The SMILES string of the molecule is CC(C)C(=O)CCC(=O)N[C@H](C(=O)N[C@@H](CCCNC(N)=O)C(=O)Nc1ccc(COC(=O)N(C)Cc2ccc(-c3[nH]c4cc(F)cc5c4c3CCNC5=O)cc2)cc1)C(C)C. The maximum Gasteiger partial charge on any atom is 0.410 e. The van der Waals surface area contributed by atoms with Crippen molar-refractivity contribution in [2.75, 3.05) is 25.5 Å². The third-order valence-electron chi connectivity index (χ3n) is 10.5. The number of H-pyrrole nitrogens is 1. The highest BCUT2D eigenvalue weighted by atomic mass is 19.1. The van der Waals surface area contributed by atoms with Gasteiger partial charge in [0.25, 0.3) is 5.91 Å². The molecule has 330 valence electrons. The van der Waals surface area contributed by atoms with Gasteiger partial charge in [-0.1, -0.05) is 64.1 Å². The number of carbonyl (C=O) groups excluding carboxylic acids is 7. The van der Waals surface area contributed by atoms with Crippen molar-refractivity contribution in [3.05, 3.63) is 88.7 Å².